The van der Waals surface area contributed by atoms with E-state index in [9.17, 15) is 0 Å². The summed E-state index contributed by atoms with van der Waals surface area (Å²) in [6.07, 6.45) is 1.02. The molecule has 0 saturated heterocycles. The second-order valence-corrected chi connectivity index (χ2v) is 5.38. The second-order valence-electron chi connectivity index (χ2n) is 4.38. The number of ether oxygens (including phenoxy) is 2. The molecule has 1 rings (SSSR count). The molecule has 1 aromatic rings. The van der Waals surface area contributed by atoms with Crippen molar-refractivity contribution in [3.05, 3.63) is 21.9 Å². The maximum absolute atomic E-state index is 5.43. The first-order valence-corrected chi connectivity index (χ1v) is 7.65. The van der Waals surface area contributed by atoms with Crippen molar-refractivity contribution < 1.29 is 9.47 Å². The summed E-state index contributed by atoms with van der Waals surface area (Å²) in [4.78, 5) is 3.67. The predicted molar refractivity (Wildman–Crippen MR) is 83.9 cm³/mol. The van der Waals surface area contributed by atoms with Gasteiger partial charge in [-0.15, -0.1) is 11.3 Å². The molecule has 112 valence electrons. The van der Waals surface area contributed by atoms with Gasteiger partial charge in [0.2, 0.25) is 0 Å². The van der Waals surface area contributed by atoms with Crippen LogP contribution < -0.4 is 5.73 Å². The highest BCUT2D eigenvalue weighted by atomic mass is 32.1. The minimum Gasteiger partial charge on any atom is -0.385 e. The van der Waals surface area contributed by atoms with Crippen molar-refractivity contribution in [2.24, 2.45) is 5.73 Å². The summed E-state index contributed by atoms with van der Waals surface area (Å²) >= 11 is 1.74. The summed E-state index contributed by atoms with van der Waals surface area (Å²) in [7, 11) is 3.47. The lowest BCUT2D eigenvalue weighted by Crippen LogP contribution is -2.28. The minimum absolute atomic E-state index is 0.399. The van der Waals surface area contributed by atoms with Crippen molar-refractivity contribution in [1.82, 2.24) is 4.90 Å². The molecule has 4 nitrogen and oxygen atoms in total. The molecule has 0 aromatic carbocycles. The van der Waals surface area contributed by atoms with Gasteiger partial charge in [-0.3, -0.25) is 4.90 Å². The van der Waals surface area contributed by atoms with Crippen molar-refractivity contribution >= 4 is 11.3 Å². The van der Waals surface area contributed by atoms with Crippen LogP contribution in [0.2, 0.25) is 0 Å². The van der Waals surface area contributed by atoms with Gasteiger partial charge in [-0.25, -0.2) is 0 Å². The van der Waals surface area contributed by atoms with Crippen LogP contribution in [0.4, 0.5) is 0 Å². The molecule has 0 fully saturated rings. The summed E-state index contributed by atoms with van der Waals surface area (Å²) < 4.78 is 10.3. The highest BCUT2D eigenvalue weighted by molar-refractivity contribution is 7.10. The Hall–Kier alpha value is -0.900. The Morgan fingerprint density at radius 1 is 1.25 bits per heavy atom. The van der Waals surface area contributed by atoms with E-state index in [1.807, 2.05) is 0 Å². The molecule has 0 atom stereocenters. The van der Waals surface area contributed by atoms with E-state index in [0.29, 0.717) is 6.54 Å². The Morgan fingerprint density at radius 3 is 2.75 bits per heavy atom. The molecule has 0 spiro atoms. The van der Waals surface area contributed by atoms with Crippen LogP contribution in [-0.4, -0.2) is 52.0 Å². The molecule has 0 unspecified atom stereocenters. The lowest BCUT2D eigenvalue weighted by molar-refractivity contribution is 0.130. The van der Waals surface area contributed by atoms with Gasteiger partial charge in [0, 0.05) is 50.9 Å². The van der Waals surface area contributed by atoms with Crippen molar-refractivity contribution in [2.45, 2.75) is 13.0 Å². The normalized spacial score (nSPS) is 10.6. The molecule has 0 bridgehead atoms. The van der Waals surface area contributed by atoms with E-state index in [1.165, 1.54) is 4.88 Å². The molecule has 5 heteroatoms. The van der Waals surface area contributed by atoms with Gasteiger partial charge in [0.1, 0.15) is 0 Å². The molecule has 0 aliphatic carbocycles. The van der Waals surface area contributed by atoms with Crippen LogP contribution in [-0.2, 0) is 16.0 Å². The van der Waals surface area contributed by atoms with Crippen molar-refractivity contribution in [3.8, 4) is 11.8 Å². The third-order valence-corrected chi connectivity index (χ3v) is 3.78. The highest BCUT2D eigenvalue weighted by Crippen LogP contribution is 2.18. The molecule has 0 radical (unpaired) electrons. The second kappa shape index (κ2) is 10.8. The van der Waals surface area contributed by atoms with E-state index in [-0.39, 0.29) is 0 Å². The fourth-order valence-corrected chi connectivity index (χ4v) is 2.72. The van der Waals surface area contributed by atoms with Crippen LogP contribution in [0.1, 0.15) is 16.9 Å². The van der Waals surface area contributed by atoms with Crippen LogP contribution in [0.5, 0.6) is 0 Å². The number of nitrogens with zero attached hydrogens (tertiary/aromatic N) is 1. The molecule has 0 aliphatic heterocycles. The van der Waals surface area contributed by atoms with Crippen LogP contribution >= 0.6 is 11.3 Å². The summed E-state index contributed by atoms with van der Waals surface area (Å²) in [5, 5.41) is 2.08. The van der Waals surface area contributed by atoms with Gasteiger partial charge < -0.3 is 15.2 Å². The van der Waals surface area contributed by atoms with Crippen LogP contribution in [0.15, 0.2) is 11.4 Å². The average Bonchev–Trinajstić information content (AvgIpc) is 2.89. The smallest absolute Gasteiger partial charge is 0.0589 e. The Labute approximate surface area is 125 Å². The fraction of sp³-hybridized carbons (Fsp3) is 0.600. The van der Waals surface area contributed by atoms with Crippen molar-refractivity contribution in [3.63, 3.8) is 0 Å². The first-order valence-electron chi connectivity index (χ1n) is 6.77. The van der Waals surface area contributed by atoms with E-state index in [4.69, 9.17) is 15.2 Å². The van der Waals surface area contributed by atoms with Crippen molar-refractivity contribution in [1.29, 1.82) is 0 Å². The third kappa shape index (κ3) is 6.51. The highest BCUT2D eigenvalue weighted by Gasteiger charge is 2.09. The largest absolute Gasteiger partial charge is 0.385 e. The first-order chi connectivity index (χ1) is 9.81. The lowest BCUT2D eigenvalue weighted by atomic mass is 10.2. The maximum Gasteiger partial charge on any atom is 0.0589 e. The standard InChI is InChI=1S/C15H24N2O2S/c1-18-10-4-8-17(9-11-19-2)13-15-14(5-3-7-16)6-12-20-15/h6,12H,4,7-11,13,16H2,1-2H3. The van der Waals surface area contributed by atoms with Crippen LogP contribution in [0, 0.1) is 11.8 Å². The minimum atomic E-state index is 0.399. The summed E-state index contributed by atoms with van der Waals surface area (Å²) in [5.41, 5.74) is 6.52. The molecule has 20 heavy (non-hydrogen) atoms. The number of hydrogen-bond acceptors (Lipinski definition) is 5. The number of hydrogen-bond donors (Lipinski definition) is 1. The molecule has 1 aromatic heterocycles. The van der Waals surface area contributed by atoms with Gasteiger partial charge >= 0.3 is 0 Å². The number of thiophene rings is 1. The zero-order valence-electron chi connectivity index (χ0n) is 12.4. The molecule has 2 N–H and O–H groups in total. The van der Waals surface area contributed by atoms with E-state index in [0.717, 1.165) is 44.8 Å². The van der Waals surface area contributed by atoms with Gasteiger partial charge in [-0.05, 0) is 17.9 Å². The van der Waals surface area contributed by atoms with Gasteiger partial charge in [0.05, 0.1) is 13.2 Å². The monoisotopic (exact) mass is 296 g/mol. The summed E-state index contributed by atoms with van der Waals surface area (Å²) in [6, 6.07) is 2.06. The average molecular weight is 296 g/mol. The van der Waals surface area contributed by atoms with E-state index >= 15 is 0 Å². The zero-order valence-corrected chi connectivity index (χ0v) is 13.2. The Balaban J connectivity index is 2.60. The Morgan fingerprint density at radius 2 is 2.05 bits per heavy atom. The number of rotatable bonds is 9. The Bertz CT molecular complexity index is 423. The molecular weight excluding hydrogens is 272 g/mol. The van der Waals surface area contributed by atoms with Gasteiger partial charge in [0.25, 0.3) is 0 Å². The molecule has 0 saturated carbocycles. The quantitative estimate of drug-likeness (QED) is 0.555. The lowest BCUT2D eigenvalue weighted by Gasteiger charge is -2.21. The topological polar surface area (TPSA) is 47.7 Å². The van der Waals surface area contributed by atoms with Crippen LogP contribution in [0.3, 0.4) is 0 Å². The molecule has 0 aliphatic rings. The number of nitrogens with two attached hydrogens (primary N) is 1. The van der Waals surface area contributed by atoms with Gasteiger partial charge in [0.15, 0.2) is 0 Å². The maximum atomic E-state index is 5.43. The molecular formula is C15H24N2O2S. The van der Waals surface area contributed by atoms with E-state index < -0.39 is 0 Å². The van der Waals surface area contributed by atoms with E-state index in [1.54, 1.807) is 25.6 Å². The summed E-state index contributed by atoms with van der Waals surface area (Å²) in [6.45, 7) is 4.74. The molecule has 1 heterocycles. The van der Waals surface area contributed by atoms with Crippen LogP contribution in [0.25, 0.3) is 0 Å². The third-order valence-electron chi connectivity index (χ3n) is 2.87. The predicted octanol–water partition coefficient (Wildman–Crippen LogP) is 1.54. The SMILES string of the molecule is COCCCN(CCOC)Cc1sccc1C#CCN. The molecule has 0 amide bonds. The fourth-order valence-electron chi connectivity index (χ4n) is 1.85. The first kappa shape index (κ1) is 17.2. The van der Waals surface area contributed by atoms with E-state index in [2.05, 4.69) is 28.2 Å². The van der Waals surface area contributed by atoms with Gasteiger partial charge in [-0.2, -0.15) is 0 Å². The van der Waals surface area contributed by atoms with Crippen molar-refractivity contribution in [2.75, 3.05) is 47.1 Å². The summed E-state index contributed by atoms with van der Waals surface area (Å²) in [5.74, 6) is 6.06. The number of methoxy groups -OCH3 is 2. The Kier molecular flexibility index (Phi) is 9.29. The van der Waals surface area contributed by atoms with Gasteiger partial charge in [-0.1, -0.05) is 11.8 Å². The zero-order chi connectivity index (χ0) is 14.6.